The maximum Gasteiger partial charge on any atom is 0.162 e. The first-order valence-corrected chi connectivity index (χ1v) is 13.8. The van der Waals surface area contributed by atoms with Crippen LogP contribution in [-0.4, -0.2) is 22.5 Å². The second kappa shape index (κ2) is 11.4. The van der Waals surface area contributed by atoms with Crippen molar-refractivity contribution in [2.45, 2.75) is 0 Å². The van der Waals surface area contributed by atoms with Gasteiger partial charge in [-0.2, -0.15) is 5.10 Å². The summed E-state index contributed by atoms with van der Waals surface area (Å²) in [6, 6.07) is 48.5. The fourth-order valence-corrected chi connectivity index (χ4v) is 4.96. The van der Waals surface area contributed by atoms with Gasteiger partial charge in [0.2, 0.25) is 0 Å². The molecule has 0 bridgehead atoms. The van der Waals surface area contributed by atoms with Crippen LogP contribution in [0, 0.1) is 0 Å². The van der Waals surface area contributed by atoms with Crippen molar-refractivity contribution in [3.05, 3.63) is 157 Å². The first kappa shape index (κ1) is 25.2. The molecule has 2 heterocycles. The van der Waals surface area contributed by atoms with Crippen LogP contribution in [0.15, 0.2) is 157 Å². The number of benzene rings is 5. The van der Waals surface area contributed by atoms with Gasteiger partial charge in [-0.05, 0) is 42.5 Å². The lowest BCUT2D eigenvalue weighted by Crippen LogP contribution is -2.31. The standard InChI is InChI=1S/C36H27N5O/c1-4-12-27(13-5-1)35-37-23-22-34(38-35)29-16-10-20-32(24-29)42-33-21-11-19-31(25-33)41-26-40(30-17-8-3-9-18-30)36(39-41)28-14-6-2-7-15-28/h1-25H,26H2. The fraction of sp³-hybridized carbons (Fsp3) is 0.0278. The van der Waals surface area contributed by atoms with E-state index in [0.717, 1.165) is 51.1 Å². The molecule has 6 aromatic rings. The molecule has 6 heteroatoms. The van der Waals surface area contributed by atoms with Gasteiger partial charge in [0.1, 0.15) is 18.2 Å². The highest BCUT2D eigenvalue weighted by molar-refractivity contribution is 6.11. The van der Waals surface area contributed by atoms with E-state index in [4.69, 9.17) is 14.8 Å². The molecule has 0 unspecified atom stereocenters. The van der Waals surface area contributed by atoms with E-state index in [9.17, 15) is 0 Å². The lowest BCUT2D eigenvalue weighted by molar-refractivity contribution is 0.483. The first-order valence-electron chi connectivity index (χ1n) is 13.8. The lowest BCUT2D eigenvalue weighted by atomic mass is 10.1. The highest BCUT2D eigenvalue weighted by Crippen LogP contribution is 2.32. The number of hydrazone groups is 1. The van der Waals surface area contributed by atoms with Gasteiger partial charge in [-0.15, -0.1) is 0 Å². The summed E-state index contributed by atoms with van der Waals surface area (Å²) < 4.78 is 6.35. The maximum atomic E-state index is 6.35. The number of hydrogen-bond donors (Lipinski definition) is 0. The molecule has 1 aromatic heterocycles. The number of para-hydroxylation sites is 1. The van der Waals surface area contributed by atoms with Gasteiger partial charge in [0.15, 0.2) is 11.7 Å². The summed E-state index contributed by atoms with van der Waals surface area (Å²) in [4.78, 5) is 11.5. The SMILES string of the molecule is c1ccc(C2=NN(c3cccc(Oc4cccc(-c5ccnc(-c6ccccc6)n5)c4)c3)CN2c2ccccc2)cc1. The van der Waals surface area contributed by atoms with Gasteiger partial charge in [0.05, 0.1) is 11.4 Å². The third-order valence-electron chi connectivity index (χ3n) is 7.02. The number of ether oxygens (including phenoxy) is 1. The summed E-state index contributed by atoms with van der Waals surface area (Å²) in [7, 11) is 0. The number of amidine groups is 1. The largest absolute Gasteiger partial charge is 0.457 e. The predicted octanol–water partition coefficient (Wildman–Crippen LogP) is 8.25. The molecule has 0 radical (unpaired) electrons. The quantitative estimate of drug-likeness (QED) is 0.202. The van der Waals surface area contributed by atoms with Gasteiger partial charge in [-0.1, -0.05) is 97.1 Å². The molecule has 0 fully saturated rings. The third kappa shape index (κ3) is 5.33. The Morgan fingerprint density at radius 1 is 0.548 bits per heavy atom. The van der Waals surface area contributed by atoms with Crippen molar-refractivity contribution < 1.29 is 4.74 Å². The summed E-state index contributed by atoms with van der Waals surface area (Å²) in [6.45, 7) is 0.588. The predicted molar refractivity (Wildman–Crippen MR) is 169 cm³/mol. The molecule has 5 aromatic carbocycles. The summed E-state index contributed by atoms with van der Waals surface area (Å²) in [5.41, 5.74) is 5.87. The van der Waals surface area contributed by atoms with Crippen LogP contribution in [0.3, 0.4) is 0 Å². The number of hydrogen-bond acceptors (Lipinski definition) is 6. The summed E-state index contributed by atoms with van der Waals surface area (Å²) >= 11 is 0. The lowest BCUT2D eigenvalue weighted by Gasteiger charge is -2.22. The second-order valence-corrected chi connectivity index (χ2v) is 9.85. The minimum Gasteiger partial charge on any atom is -0.457 e. The highest BCUT2D eigenvalue weighted by Gasteiger charge is 2.26. The normalized spacial score (nSPS) is 12.7. The monoisotopic (exact) mass is 545 g/mol. The zero-order valence-electron chi connectivity index (χ0n) is 22.8. The van der Waals surface area contributed by atoms with Crippen molar-refractivity contribution in [3.63, 3.8) is 0 Å². The van der Waals surface area contributed by atoms with Crippen LogP contribution in [0.25, 0.3) is 22.6 Å². The summed E-state index contributed by atoms with van der Waals surface area (Å²) in [6.07, 6.45) is 1.79. The Hall–Kier alpha value is -5.75. The highest BCUT2D eigenvalue weighted by atomic mass is 16.5. The van der Waals surface area contributed by atoms with Crippen LogP contribution in [-0.2, 0) is 0 Å². The summed E-state index contributed by atoms with van der Waals surface area (Å²) in [5, 5.41) is 7.03. The number of nitrogens with zero attached hydrogens (tertiary/aromatic N) is 5. The molecule has 0 saturated heterocycles. The van der Waals surface area contributed by atoms with Crippen molar-refractivity contribution in [2.75, 3.05) is 16.6 Å². The third-order valence-corrected chi connectivity index (χ3v) is 7.02. The smallest absolute Gasteiger partial charge is 0.162 e. The molecule has 7 rings (SSSR count). The van der Waals surface area contributed by atoms with E-state index >= 15 is 0 Å². The molecule has 0 atom stereocenters. The van der Waals surface area contributed by atoms with Gasteiger partial charge < -0.3 is 9.64 Å². The molecule has 0 aliphatic carbocycles. The minimum atomic E-state index is 0.588. The molecule has 1 aliphatic rings. The van der Waals surface area contributed by atoms with Gasteiger partial charge in [0.25, 0.3) is 0 Å². The Labute approximate surface area is 244 Å². The Morgan fingerprint density at radius 3 is 1.93 bits per heavy atom. The van der Waals surface area contributed by atoms with E-state index in [-0.39, 0.29) is 0 Å². The molecular weight excluding hydrogens is 518 g/mol. The average molecular weight is 546 g/mol. The number of rotatable bonds is 7. The van der Waals surface area contributed by atoms with Crippen LogP contribution in [0.2, 0.25) is 0 Å². The van der Waals surface area contributed by atoms with E-state index < -0.39 is 0 Å². The molecule has 0 saturated carbocycles. The molecular formula is C36H27N5O. The van der Waals surface area contributed by atoms with E-state index in [1.54, 1.807) is 6.20 Å². The van der Waals surface area contributed by atoms with E-state index in [0.29, 0.717) is 12.5 Å². The van der Waals surface area contributed by atoms with Crippen molar-refractivity contribution in [1.29, 1.82) is 0 Å². The van der Waals surface area contributed by atoms with Crippen molar-refractivity contribution in [1.82, 2.24) is 9.97 Å². The molecule has 202 valence electrons. The number of anilines is 2. The fourth-order valence-electron chi connectivity index (χ4n) is 4.96. The van der Waals surface area contributed by atoms with E-state index in [2.05, 4.69) is 40.2 Å². The molecule has 1 aliphatic heterocycles. The summed E-state index contributed by atoms with van der Waals surface area (Å²) in [5.74, 6) is 3.05. The van der Waals surface area contributed by atoms with Gasteiger partial charge >= 0.3 is 0 Å². The second-order valence-electron chi connectivity index (χ2n) is 9.85. The van der Waals surface area contributed by atoms with Crippen molar-refractivity contribution in [2.24, 2.45) is 5.10 Å². The van der Waals surface area contributed by atoms with Crippen LogP contribution in [0.1, 0.15) is 5.56 Å². The number of aromatic nitrogens is 2. The van der Waals surface area contributed by atoms with E-state index in [1.165, 1.54) is 0 Å². The minimum absolute atomic E-state index is 0.588. The molecule has 42 heavy (non-hydrogen) atoms. The average Bonchev–Trinajstić information content (AvgIpc) is 3.52. The molecule has 6 nitrogen and oxygen atoms in total. The zero-order chi connectivity index (χ0) is 28.1. The molecule has 0 N–H and O–H groups in total. The van der Waals surface area contributed by atoms with Crippen LogP contribution >= 0.6 is 0 Å². The van der Waals surface area contributed by atoms with Crippen LogP contribution < -0.4 is 14.6 Å². The van der Waals surface area contributed by atoms with Gasteiger partial charge in [-0.25, -0.2) is 15.0 Å². The molecule has 0 spiro atoms. The Bertz CT molecular complexity index is 1840. The topological polar surface area (TPSA) is 53.9 Å². The first-order chi connectivity index (χ1) is 20.8. The Morgan fingerprint density at radius 2 is 1.17 bits per heavy atom. The zero-order valence-corrected chi connectivity index (χ0v) is 22.8. The molecule has 0 amide bonds. The van der Waals surface area contributed by atoms with E-state index in [1.807, 2.05) is 120 Å². The van der Waals surface area contributed by atoms with Gasteiger partial charge in [0, 0.05) is 34.6 Å². The Kier molecular flexibility index (Phi) is 6.84. The van der Waals surface area contributed by atoms with Crippen molar-refractivity contribution in [3.8, 4) is 34.1 Å². The Balaban J connectivity index is 1.15. The maximum absolute atomic E-state index is 6.35. The van der Waals surface area contributed by atoms with Crippen LogP contribution in [0.5, 0.6) is 11.5 Å². The van der Waals surface area contributed by atoms with Gasteiger partial charge in [-0.3, -0.25) is 0 Å². The van der Waals surface area contributed by atoms with Crippen molar-refractivity contribution >= 4 is 17.2 Å². The van der Waals surface area contributed by atoms with Crippen LogP contribution in [0.4, 0.5) is 11.4 Å².